The number of hydrogen-bond donors (Lipinski definition) is 2. The van der Waals surface area contributed by atoms with Crippen LogP contribution in [0.15, 0.2) is 0 Å². The van der Waals surface area contributed by atoms with Crippen molar-refractivity contribution in [3.8, 4) is 0 Å². The van der Waals surface area contributed by atoms with Gasteiger partial charge in [0.1, 0.15) is 6.04 Å². The predicted molar refractivity (Wildman–Crippen MR) is 56.0 cm³/mol. The Bertz CT molecular complexity index is 199. The van der Waals surface area contributed by atoms with Gasteiger partial charge in [-0.05, 0) is 0 Å². The van der Waals surface area contributed by atoms with E-state index >= 15 is 0 Å². The third kappa shape index (κ3) is 5.82. The summed E-state index contributed by atoms with van der Waals surface area (Å²) in [6.45, 7) is 0. The van der Waals surface area contributed by atoms with Gasteiger partial charge in [0.25, 0.3) is 0 Å². The van der Waals surface area contributed by atoms with Crippen LogP contribution in [0.1, 0.15) is 6.42 Å². The van der Waals surface area contributed by atoms with Crippen LogP contribution in [0.25, 0.3) is 0 Å². The molecule has 0 spiro atoms. The van der Waals surface area contributed by atoms with Crippen LogP contribution in [0.2, 0.25) is 0 Å². The summed E-state index contributed by atoms with van der Waals surface area (Å²) in [6, 6.07) is -0.602. The maximum Gasteiger partial charge on any atom is 0.323 e. The number of methoxy groups -OCH3 is 1. The van der Waals surface area contributed by atoms with E-state index in [1.807, 2.05) is 0 Å². The molecule has 0 aromatic rings. The molecule has 0 aliphatic heterocycles. The normalized spacial score (nSPS) is 11.9. The highest BCUT2D eigenvalue weighted by Crippen LogP contribution is 2.04. The summed E-state index contributed by atoms with van der Waals surface area (Å²) in [4.78, 5) is 21.7. The lowest BCUT2D eigenvalue weighted by molar-refractivity contribution is -0.141. The zero-order chi connectivity index (χ0) is 11.0. The molecule has 3 N–H and O–H groups in total. The highest BCUT2D eigenvalue weighted by atomic mass is 32.2. The van der Waals surface area contributed by atoms with Gasteiger partial charge in [0, 0.05) is 25.0 Å². The lowest BCUT2D eigenvalue weighted by Gasteiger charge is -2.07. The first-order valence-electron chi connectivity index (χ1n) is 4.23. The molecule has 0 aromatic carbocycles. The fraction of sp³-hybridized carbons (Fsp3) is 0.750. The summed E-state index contributed by atoms with van der Waals surface area (Å²) < 4.78 is 4.45. The average molecular weight is 220 g/mol. The van der Waals surface area contributed by atoms with E-state index in [4.69, 9.17) is 5.73 Å². The van der Waals surface area contributed by atoms with Gasteiger partial charge < -0.3 is 15.8 Å². The number of hydrogen-bond acceptors (Lipinski definition) is 5. The Morgan fingerprint density at radius 3 is 2.71 bits per heavy atom. The van der Waals surface area contributed by atoms with Gasteiger partial charge in [0.15, 0.2) is 0 Å². The molecule has 5 nitrogen and oxygen atoms in total. The van der Waals surface area contributed by atoms with Gasteiger partial charge in [-0.3, -0.25) is 9.59 Å². The largest absolute Gasteiger partial charge is 0.468 e. The number of carbonyl (C=O) groups excluding carboxylic acids is 2. The van der Waals surface area contributed by atoms with Gasteiger partial charge in [0.05, 0.1) is 7.11 Å². The lowest BCUT2D eigenvalue weighted by atomic mass is 10.4. The lowest BCUT2D eigenvalue weighted by Crippen LogP contribution is -2.34. The number of ether oxygens (including phenoxy) is 1. The first kappa shape index (κ1) is 13.2. The van der Waals surface area contributed by atoms with Crippen LogP contribution in [0.4, 0.5) is 0 Å². The second kappa shape index (κ2) is 7.64. The van der Waals surface area contributed by atoms with Gasteiger partial charge >= 0.3 is 5.97 Å². The van der Waals surface area contributed by atoms with Crippen molar-refractivity contribution in [3.63, 3.8) is 0 Å². The summed E-state index contributed by atoms with van der Waals surface area (Å²) in [5, 5.41) is 2.51. The Hall–Kier alpha value is -0.750. The Kier molecular flexibility index (Phi) is 7.23. The van der Waals surface area contributed by atoms with E-state index in [0.29, 0.717) is 17.9 Å². The molecule has 0 radical (unpaired) electrons. The standard InChI is InChI=1S/C8H16N2O3S/c1-10-7(11)3-4-14-5-6(9)8(12)13-2/h6H,3-5,9H2,1-2H3,(H,10,11). The van der Waals surface area contributed by atoms with Gasteiger partial charge in [-0.2, -0.15) is 11.8 Å². The highest BCUT2D eigenvalue weighted by molar-refractivity contribution is 7.99. The quantitative estimate of drug-likeness (QED) is 0.459. The maximum atomic E-state index is 10.9. The van der Waals surface area contributed by atoms with Gasteiger partial charge in [-0.1, -0.05) is 0 Å². The van der Waals surface area contributed by atoms with Crippen LogP contribution < -0.4 is 11.1 Å². The van der Waals surface area contributed by atoms with Crippen molar-refractivity contribution < 1.29 is 14.3 Å². The van der Waals surface area contributed by atoms with Crippen molar-refractivity contribution in [2.45, 2.75) is 12.5 Å². The van der Waals surface area contributed by atoms with Crippen molar-refractivity contribution in [1.82, 2.24) is 5.32 Å². The second-order valence-electron chi connectivity index (χ2n) is 2.63. The Labute approximate surface area is 87.7 Å². The molecule has 0 aromatic heterocycles. The average Bonchev–Trinajstić information content (AvgIpc) is 2.22. The zero-order valence-electron chi connectivity index (χ0n) is 8.41. The van der Waals surface area contributed by atoms with E-state index in [0.717, 1.165) is 0 Å². The molecular formula is C8H16N2O3S. The first-order chi connectivity index (χ1) is 6.61. The topological polar surface area (TPSA) is 81.4 Å². The third-order valence-electron chi connectivity index (χ3n) is 1.55. The number of carbonyl (C=O) groups is 2. The smallest absolute Gasteiger partial charge is 0.323 e. The van der Waals surface area contributed by atoms with E-state index in [1.54, 1.807) is 7.05 Å². The van der Waals surface area contributed by atoms with Gasteiger partial charge in [-0.25, -0.2) is 0 Å². The summed E-state index contributed by atoms with van der Waals surface area (Å²) in [5.74, 6) is 0.704. The van der Waals surface area contributed by atoms with Crippen molar-refractivity contribution in [3.05, 3.63) is 0 Å². The number of esters is 1. The number of thioether (sulfide) groups is 1. The minimum Gasteiger partial charge on any atom is -0.468 e. The molecule has 0 saturated heterocycles. The SMILES string of the molecule is CNC(=O)CCSCC(N)C(=O)OC. The van der Waals surface area contributed by atoms with Gasteiger partial charge in [-0.15, -0.1) is 0 Å². The number of nitrogens with one attached hydrogen (secondary N) is 1. The molecule has 0 fully saturated rings. The van der Waals surface area contributed by atoms with Crippen LogP contribution in [-0.4, -0.2) is 43.6 Å². The molecule has 1 unspecified atom stereocenters. The molecule has 1 atom stereocenters. The Morgan fingerprint density at radius 1 is 1.57 bits per heavy atom. The fourth-order valence-electron chi connectivity index (χ4n) is 0.720. The molecule has 0 saturated carbocycles. The highest BCUT2D eigenvalue weighted by Gasteiger charge is 2.13. The van der Waals surface area contributed by atoms with E-state index in [-0.39, 0.29) is 5.91 Å². The molecule has 82 valence electrons. The molecule has 1 amide bonds. The van der Waals surface area contributed by atoms with E-state index < -0.39 is 12.0 Å². The minimum atomic E-state index is -0.602. The fourth-order valence-corrected chi connectivity index (χ4v) is 1.61. The van der Waals surface area contributed by atoms with Crippen molar-refractivity contribution in [2.75, 3.05) is 25.7 Å². The molecule has 0 heterocycles. The van der Waals surface area contributed by atoms with Crippen LogP contribution in [0.5, 0.6) is 0 Å². The summed E-state index contributed by atoms with van der Waals surface area (Å²) in [6.07, 6.45) is 0.440. The Morgan fingerprint density at radius 2 is 2.21 bits per heavy atom. The van der Waals surface area contributed by atoms with Crippen LogP contribution in [-0.2, 0) is 14.3 Å². The van der Waals surface area contributed by atoms with Crippen LogP contribution >= 0.6 is 11.8 Å². The second-order valence-corrected chi connectivity index (χ2v) is 3.78. The molecule has 6 heteroatoms. The molecule has 14 heavy (non-hydrogen) atoms. The third-order valence-corrected chi connectivity index (χ3v) is 2.64. The monoisotopic (exact) mass is 220 g/mol. The predicted octanol–water partition coefficient (Wildman–Crippen LogP) is -0.644. The van der Waals surface area contributed by atoms with Crippen LogP contribution in [0.3, 0.4) is 0 Å². The van der Waals surface area contributed by atoms with Crippen molar-refractivity contribution >= 4 is 23.6 Å². The molecular weight excluding hydrogens is 204 g/mol. The molecule has 0 aliphatic rings. The maximum absolute atomic E-state index is 10.9. The number of amides is 1. The van der Waals surface area contributed by atoms with E-state index in [1.165, 1.54) is 18.9 Å². The van der Waals surface area contributed by atoms with E-state index in [9.17, 15) is 9.59 Å². The summed E-state index contributed by atoms with van der Waals surface area (Å²) in [7, 11) is 2.89. The minimum absolute atomic E-state index is 0.0101. The van der Waals surface area contributed by atoms with Crippen molar-refractivity contribution in [2.24, 2.45) is 5.73 Å². The molecule has 0 bridgehead atoms. The number of rotatable bonds is 6. The van der Waals surface area contributed by atoms with Crippen molar-refractivity contribution in [1.29, 1.82) is 0 Å². The molecule has 0 rings (SSSR count). The zero-order valence-corrected chi connectivity index (χ0v) is 9.23. The summed E-state index contributed by atoms with van der Waals surface area (Å²) in [5.41, 5.74) is 5.48. The molecule has 0 aliphatic carbocycles. The Balaban J connectivity index is 3.45. The van der Waals surface area contributed by atoms with Crippen LogP contribution in [0, 0.1) is 0 Å². The summed E-state index contributed by atoms with van der Waals surface area (Å²) >= 11 is 1.46. The first-order valence-corrected chi connectivity index (χ1v) is 5.39. The van der Waals surface area contributed by atoms with E-state index in [2.05, 4.69) is 10.1 Å². The van der Waals surface area contributed by atoms with Gasteiger partial charge in [0.2, 0.25) is 5.91 Å². The number of nitrogens with two attached hydrogens (primary N) is 1.